The van der Waals surface area contributed by atoms with Gasteiger partial charge in [-0.05, 0) is 43.0 Å². The monoisotopic (exact) mass is 383 g/mol. The maximum atomic E-state index is 10.9. The first-order valence-electron chi connectivity index (χ1n) is 8.88. The van der Waals surface area contributed by atoms with E-state index < -0.39 is 4.92 Å². The number of nitro groups is 1. The van der Waals surface area contributed by atoms with E-state index in [2.05, 4.69) is 22.9 Å². The number of fused-ring (bicyclic) bond motifs is 1. The maximum absolute atomic E-state index is 10.9. The second kappa shape index (κ2) is 7.88. The van der Waals surface area contributed by atoms with Crippen molar-refractivity contribution in [1.29, 1.82) is 0 Å². The number of nitrogens with zero attached hydrogens (tertiary/aromatic N) is 4. The summed E-state index contributed by atoms with van der Waals surface area (Å²) in [5.74, 6) is 2.30. The van der Waals surface area contributed by atoms with Crippen LogP contribution in [0.1, 0.15) is 19.8 Å². The van der Waals surface area contributed by atoms with Crippen molar-refractivity contribution in [2.45, 2.75) is 19.8 Å². The zero-order valence-corrected chi connectivity index (χ0v) is 15.8. The topological polar surface area (TPSA) is 72.2 Å². The van der Waals surface area contributed by atoms with E-state index in [1.165, 1.54) is 12.1 Å². The lowest BCUT2D eigenvalue weighted by Gasteiger charge is -2.32. The molecule has 3 aromatic rings. The predicted octanol–water partition coefficient (Wildman–Crippen LogP) is 1.45. The van der Waals surface area contributed by atoms with Gasteiger partial charge in [-0.2, -0.15) is 0 Å². The van der Waals surface area contributed by atoms with Crippen LogP contribution in [0.5, 0.6) is 0 Å². The number of piperidine rings is 1. The Labute approximate surface area is 163 Å². The van der Waals surface area contributed by atoms with E-state index in [0.717, 1.165) is 54.1 Å². The molecule has 140 valence electrons. The molecule has 7 heteroatoms. The average Bonchev–Trinajstić information content (AvgIpc) is 2.68. The predicted molar refractivity (Wildman–Crippen MR) is 102 cm³/mol. The van der Waals surface area contributed by atoms with Crippen molar-refractivity contribution < 1.29 is 17.3 Å². The summed E-state index contributed by atoms with van der Waals surface area (Å²) in [6, 6.07) is 14.4. The molecule has 0 N–H and O–H groups in total. The van der Waals surface area contributed by atoms with E-state index in [1.54, 1.807) is 12.1 Å². The molecule has 4 rings (SSSR count). The normalized spacial score (nSPS) is 14.8. The molecule has 1 fully saturated rings. The van der Waals surface area contributed by atoms with Gasteiger partial charge in [-0.3, -0.25) is 10.1 Å². The third-order valence-corrected chi connectivity index (χ3v) is 5.00. The molecule has 0 bridgehead atoms. The molecule has 2 heterocycles. The lowest BCUT2D eigenvalue weighted by molar-refractivity contribution is -0.384. The fraction of sp³-hybridized carbons (Fsp3) is 0.300. The van der Waals surface area contributed by atoms with E-state index >= 15 is 0 Å². The highest BCUT2D eigenvalue weighted by Crippen LogP contribution is 2.30. The summed E-state index contributed by atoms with van der Waals surface area (Å²) >= 11 is 0. The lowest BCUT2D eigenvalue weighted by atomic mass is 9.99. The molecule has 0 atom stereocenters. The fourth-order valence-electron chi connectivity index (χ4n) is 3.38. The summed E-state index contributed by atoms with van der Waals surface area (Å²) in [5.41, 5.74) is 1.75. The van der Waals surface area contributed by atoms with E-state index in [-0.39, 0.29) is 18.1 Å². The molecule has 1 aliphatic heterocycles. The van der Waals surface area contributed by atoms with Gasteiger partial charge in [0.05, 0.1) is 10.4 Å². The van der Waals surface area contributed by atoms with Crippen LogP contribution in [0.3, 0.4) is 0 Å². The first-order valence-corrected chi connectivity index (χ1v) is 8.88. The van der Waals surface area contributed by atoms with Gasteiger partial charge in [0.25, 0.3) is 5.69 Å². The van der Waals surface area contributed by atoms with Gasteiger partial charge in [-0.15, -0.1) is 0 Å². The molecule has 0 aliphatic carbocycles. The smallest absolute Gasteiger partial charge is 0.269 e. The van der Waals surface area contributed by atoms with Gasteiger partial charge in [-0.25, -0.2) is 9.97 Å². The minimum atomic E-state index is -0.397. The van der Waals surface area contributed by atoms with Gasteiger partial charge >= 0.3 is 0 Å². The van der Waals surface area contributed by atoms with Crippen molar-refractivity contribution in [3.63, 3.8) is 0 Å². The number of para-hydroxylation sites is 1. The highest BCUT2D eigenvalue weighted by molar-refractivity contribution is 5.91. The van der Waals surface area contributed by atoms with Gasteiger partial charge in [0.2, 0.25) is 0 Å². The lowest BCUT2D eigenvalue weighted by Crippen LogP contribution is -3.00. The zero-order chi connectivity index (χ0) is 18.1. The van der Waals surface area contributed by atoms with E-state index in [1.807, 2.05) is 18.2 Å². The van der Waals surface area contributed by atoms with Gasteiger partial charge in [0, 0.05) is 36.2 Å². The average molecular weight is 384 g/mol. The molecule has 0 amide bonds. The van der Waals surface area contributed by atoms with Crippen molar-refractivity contribution in [1.82, 2.24) is 9.97 Å². The van der Waals surface area contributed by atoms with Gasteiger partial charge in [0.1, 0.15) is 5.82 Å². The number of hydrogen-bond acceptors (Lipinski definition) is 5. The Bertz CT molecular complexity index is 954. The molecule has 6 nitrogen and oxygen atoms in total. The third-order valence-electron chi connectivity index (χ3n) is 5.00. The zero-order valence-electron chi connectivity index (χ0n) is 15.0. The van der Waals surface area contributed by atoms with E-state index in [9.17, 15) is 10.1 Å². The highest BCUT2D eigenvalue weighted by atomic mass is 35.5. The van der Waals surface area contributed by atoms with Crippen LogP contribution in [-0.4, -0.2) is 28.0 Å². The van der Waals surface area contributed by atoms with Gasteiger partial charge in [0.15, 0.2) is 5.82 Å². The third kappa shape index (κ3) is 3.85. The van der Waals surface area contributed by atoms with Crippen molar-refractivity contribution in [3.05, 3.63) is 58.6 Å². The SMILES string of the molecule is CC1CCN(c2nc(-c3ccc([N+](=O)[O-])cc3)nc3ccccc23)CC1.[Cl-]. The van der Waals surface area contributed by atoms with Crippen LogP contribution in [-0.2, 0) is 0 Å². The van der Waals surface area contributed by atoms with Crippen LogP contribution in [0.15, 0.2) is 48.5 Å². The summed E-state index contributed by atoms with van der Waals surface area (Å²) < 4.78 is 0. The molecule has 1 aromatic heterocycles. The Balaban J connectivity index is 0.00000210. The Morgan fingerprint density at radius 3 is 2.37 bits per heavy atom. The molecule has 2 aromatic carbocycles. The first kappa shape index (κ1) is 19.0. The summed E-state index contributed by atoms with van der Waals surface area (Å²) in [6.07, 6.45) is 2.32. The Morgan fingerprint density at radius 2 is 1.70 bits per heavy atom. The number of nitro benzene ring substituents is 1. The molecule has 0 spiro atoms. The molecule has 27 heavy (non-hydrogen) atoms. The van der Waals surface area contributed by atoms with Gasteiger partial charge in [-0.1, -0.05) is 19.1 Å². The fourth-order valence-corrected chi connectivity index (χ4v) is 3.38. The van der Waals surface area contributed by atoms with Crippen molar-refractivity contribution >= 4 is 22.4 Å². The minimum absolute atomic E-state index is 0. The van der Waals surface area contributed by atoms with Crippen LogP contribution < -0.4 is 17.3 Å². The Morgan fingerprint density at radius 1 is 1.04 bits per heavy atom. The summed E-state index contributed by atoms with van der Waals surface area (Å²) in [5, 5.41) is 11.9. The van der Waals surface area contributed by atoms with Crippen LogP contribution in [0.2, 0.25) is 0 Å². The number of rotatable bonds is 3. The summed E-state index contributed by atoms with van der Waals surface area (Å²) in [6.45, 7) is 4.27. The standard InChI is InChI=1S/C20H20N4O2.ClH/c1-14-10-12-23(13-11-14)20-17-4-2-3-5-18(17)21-19(22-20)15-6-8-16(9-7-15)24(25)26;/h2-9,14H,10-13H2,1H3;1H/p-1. The number of halogens is 1. The van der Waals surface area contributed by atoms with E-state index in [4.69, 9.17) is 4.98 Å². The molecule has 1 saturated heterocycles. The second-order valence-corrected chi connectivity index (χ2v) is 6.86. The molecule has 0 saturated carbocycles. The number of benzene rings is 2. The molecule has 0 radical (unpaired) electrons. The largest absolute Gasteiger partial charge is 1.00 e. The van der Waals surface area contributed by atoms with Crippen LogP contribution in [0.25, 0.3) is 22.3 Å². The Kier molecular flexibility index (Phi) is 5.56. The summed E-state index contributed by atoms with van der Waals surface area (Å²) in [4.78, 5) is 22.3. The molecule has 1 aliphatic rings. The second-order valence-electron chi connectivity index (χ2n) is 6.86. The van der Waals surface area contributed by atoms with Crippen LogP contribution in [0, 0.1) is 16.0 Å². The van der Waals surface area contributed by atoms with Crippen molar-refractivity contribution in [3.8, 4) is 11.4 Å². The van der Waals surface area contributed by atoms with Gasteiger partial charge < -0.3 is 17.3 Å². The van der Waals surface area contributed by atoms with Crippen molar-refractivity contribution in [2.24, 2.45) is 5.92 Å². The van der Waals surface area contributed by atoms with Crippen LogP contribution in [0.4, 0.5) is 11.5 Å². The molecular weight excluding hydrogens is 364 g/mol. The van der Waals surface area contributed by atoms with E-state index in [0.29, 0.717) is 5.82 Å². The van der Waals surface area contributed by atoms with Crippen LogP contribution >= 0.6 is 0 Å². The number of aromatic nitrogens is 2. The number of non-ortho nitro benzene ring substituents is 1. The van der Waals surface area contributed by atoms with Crippen molar-refractivity contribution in [2.75, 3.05) is 18.0 Å². The molecular formula is C20H20ClN4O2-. The first-order chi connectivity index (χ1) is 12.6. The number of anilines is 1. The minimum Gasteiger partial charge on any atom is -1.00 e. The quantitative estimate of drug-likeness (QED) is 0.505. The maximum Gasteiger partial charge on any atom is 0.269 e. The highest BCUT2D eigenvalue weighted by Gasteiger charge is 2.20. The number of hydrogen-bond donors (Lipinski definition) is 0. The Hall–Kier alpha value is -2.73. The molecule has 0 unspecified atom stereocenters. The summed E-state index contributed by atoms with van der Waals surface area (Å²) in [7, 11) is 0.